The molecule has 5 heteroatoms. The van der Waals surface area contributed by atoms with Gasteiger partial charge in [0.25, 0.3) is 0 Å². The minimum atomic E-state index is -0.763. The van der Waals surface area contributed by atoms with Gasteiger partial charge in [-0.1, -0.05) is 0 Å². The van der Waals surface area contributed by atoms with E-state index >= 15 is 0 Å². The number of nitrogens with one attached hydrogen (secondary N) is 1. The second-order valence-electron chi connectivity index (χ2n) is 3.90. The van der Waals surface area contributed by atoms with Crippen LogP contribution in [0.5, 0.6) is 0 Å². The SMILES string of the molecule is O=C(O)C1CCC1Nc1ccc(F)cc1I. The first-order chi connectivity index (χ1) is 7.58. The van der Waals surface area contributed by atoms with Gasteiger partial charge in [-0.25, -0.2) is 4.39 Å². The van der Waals surface area contributed by atoms with Gasteiger partial charge in [0.15, 0.2) is 0 Å². The van der Waals surface area contributed by atoms with Gasteiger partial charge in [-0.3, -0.25) is 4.79 Å². The highest BCUT2D eigenvalue weighted by Gasteiger charge is 2.36. The van der Waals surface area contributed by atoms with E-state index in [2.05, 4.69) is 5.32 Å². The maximum absolute atomic E-state index is 12.9. The van der Waals surface area contributed by atoms with E-state index in [9.17, 15) is 9.18 Å². The van der Waals surface area contributed by atoms with Gasteiger partial charge >= 0.3 is 5.97 Å². The van der Waals surface area contributed by atoms with Crippen LogP contribution in [0.25, 0.3) is 0 Å². The Morgan fingerprint density at radius 2 is 2.25 bits per heavy atom. The summed E-state index contributed by atoms with van der Waals surface area (Å²) in [7, 11) is 0. The molecule has 1 saturated carbocycles. The number of aliphatic carboxylic acids is 1. The number of carbonyl (C=O) groups is 1. The van der Waals surface area contributed by atoms with E-state index in [0.717, 1.165) is 15.7 Å². The Balaban J connectivity index is 2.07. The van der Waals surface area contributed by atoms with Crippen molar-refractivity contribution in [2.45, 2.75) is 18.9 Å². The van der Waals surface area contributed by atoms with Gasteiger partial charge < -0.3 is 10.4 Å². The fourth-order valence-electron chi connectivity index (χ4n) is 1.77. The van der Waals surface area contributed by atoms with E-state index in [1.54, 1.807) is 6.07 Å². The lowest BCUT2D eigenvalue weighted by atomic mass is 9.79. The van der Waals surface area contributed by atoms with Crippen molar-refractivity contribution in [1.82, 2.24) is 0 Å². The number of hydrogen-bond acceptors (Lipinski definition) is 2. The molecule has 16 heavy (non-hydrogen) atoms. The zero-order chi connectivity index (χ0) is 11.7. The van der Waals surface area contributed by atoms with Crippen LogP contribution in [0.15, 0.2) is 18.2 Å². The molecule has 2 atom stereocenters. The number of carboxylic acid groups (broad SMARTS) is 1. The van der Waals surface area contributed by atoms with Crippen molar-refractivity contribution in [2.75, 3.05) is 5.32 Å². The van der Waals surface area contributed by atoms with Crippen LogP contribution in [0, 0.1) is 15.3 Å². The largest absolute Gasteiger partial charge is 0.481 e. The average Bonchev–Trinajstić information content (AvgIpc) is 2.13. The zero-order valence-corrected chi connectivity index (χ0v) is 10.6. The Morgan fingerprint density at radius 3 is 2.75 bits per heavy atom. The summed E-state index contributed by atoms with van der Waals surface area (Å²) in [5.74, 6) is -1.36. The van der Waals surface area contributed by atoms with Gasteiger partial charge in [-0.15, -0.1) is 0 Å². The third-order valence-electron chi connectivity index (χ3n) is 2.86. The van der Waals surface area contributed by atoms with Gasteiger partial charge in [-0.2, -0.15) is 0 Å². The standard InChI is InChI=1S/C11H11FINO2/c12-6-1-3-10(8(13)5-6)14-9-4-2-7(9)11(15)16/h1,3,5,7,9,14H,2,4H2,(H,15,16). The predicted molar refractivity (Wildman–Crippen MR) is 66.9 cm³/mol. The molecule has 0 saturated heterocycles. The van der Waals surface area contributed by atoms with Gasteiger partial charge in [0, 0.05) is 15.3 Å². The monoisotopic (exact) mass is 335 g/mol. The third-order valence-corrected chi connectivity index (χ3v) is 3.76. The van der Waals surface area contributed by atoms with Crippen LogP contribution in [0.3, 0.4) is 0 Å². The molecule has 3 nitrogen and oxygen atoms in total. The minimum Gasteiger partial charge on any atom is -0.481 e. The highest BCUT2D eigenvalue weighted by molar-refractivity contribution is 14.1. The van der Waals surface area contributed by atoms with Crippen LogP contribution in [0.2, 0.25) is 0 Å². The lowest BCUT2D eigenvalue weighted by Crippen LogP contribution is -2.43. The molecule has 0 heterocycles. The lowest BCUT2D eigenvalue weighted by Gasteiger charge is -2.35. The quantitative estimate of drug-likeness (QED) is 0.835. The molecular formula is C11H11FINO2. The molecule has 0 bridgehead atoms. The van der Waals surface area contributed by atoms with Crippen molar-refractivity contribution >= 4 is 34.2 Å². The summed E-state index contributed by atoms with van der Waals surface area (Å²) in [6.45, 7) is 0. The van der Waals surface area contributed by atoms with Crippen molar-refractivity contribution < 1.29 is 14.3 Å². The van der Waals surface area contributed by atoms with Gasteiger partial charge in [-0.05, 0) is 53.6 Å². The van der Waals surface area contributed by atoms with E-state index in [0.29, 0.717) is 6.42 Å². The molecule has 86 valence electrons. The molecule has 1 aromatic carbocycles. The Labute approximate surface area is 106 Å². The normalized spacial score (nSPS) is 23.6. The molecule has 2 unspecified atom stereocenters. The zero-order valence-electron chi connectivity index (χ0n) is 8.41. The average molecular weight is 335 g/mol. The molecule has 1 fully saturated rings. The highest BCUT2D eigenvalue weighted by Crippen LogP contribution is 2.32. The molecule has 2 N–H and O–H groups in total. The number of hydrogen-bond donors (Lipinski definition) is 2. The summed E-state index contributed by atoms with van der Waals surface area (Å²) in [5, 5.41) is 12.0. The second kappa shape index (κ2) is 4.57. The smallest absolute Gasteiger partial charge is 0.308 e. The topological polar surface area (TPSA) is 49.3 Å². The summed E-state index contributed by atoms with van der Waals surface area (Å²) in [6.07, 6.45) is 1.56. The van der Waals surface area contributed by atoms with Crippen molar-refractivity contribution in [3.63, 3.8) is 0 Å². The molecule has 0 aliphatic heterocycles. The highest BCUT2D eigenvalue weighted by atomic mass is 127. The number of carboxylic acids is 1. The van der Waals surface area contributed by atoms with Crippen LogP contribution in [-0.4, -0.2) is 17.1 Å². The van der Waals surface area contributed by atoms with Gasteiger partial charge in [0.1, 0.15) is 5.82 Å². The van der Waals surface area contributed by atoms with E-state index in [1.165, 1.54) is 12.1 Å². The molecule has 0 amide bonds. The number of benzene rings is 1. The molecule has 1 aliphatic rings. The summed E-state index contributed by atoms with van der Waals surface area (Å²) in [5.41, 5.74) is 0.804. The summed E-state index contributed by atoms with van der Waals surface area (Å²) >= 11 is 2.03. The molecule has 0 radical (unpaired) electrons. The van der Waals surface area contributed by atoms with Crippen LogP contribution < -0.4 is 5.32 Å². The van der Waals surface area contributed by atoms with Gasteiger partial charge in [0.2, 0.25) is 0 Å². The molecule has 0 aromatic heterocycles. The maximum atomic E-state index is 12.9. The lowest BCUT2D eigenvalue weighted by molar-refractivity contribution is -0.144. The number of rotatable bonds is 3. The third kappa shape index (κ3) is 2.28. The van der Waals surface area contributed by atoms with Crippen LogP contribution in [0.1, 0.15) is 12.8 Å². The Hall–Kier alpha value is -0.850. The van der Waals surface area contributed by atoms with Crippen molar-refractivity contribution in [3.05, 3.63) is 27.6 Å². The predicted octanol–water partition coefficient (Wildman–Crippen LogP) is 2.71. The van der Waals surface area contributed by atoms with E-state index < -0.39 is 5.97 Å². The van der Waals surface area contributed by atoms with Crippen LogP contribution >= 0.6 is 22.6 Å². The van der Waals surface area contributed by atoms with E-state index in [1.807, 2.05) is 22.6 Å². The van der Waals surface area contributed by atoms with Crippen molar-refractivity contribution in [3.8, 4) is 0 Å². The van der Waals surface area contributed by atoms with Crippen molar-refractivity contribution in [2.24, 2.45) is 5.92 Å². The number of anilines is 1. The summed E-state index contributed by atoms with van der Waals surface area (Å²) < 4.78 is 13.6. The van der Waals surface area contributed by atoms with Crippen LogP contribution in [0.4, 0.5) is 10.1 Å². The first kappa shape index (κ1) is 11.6. The second-order valence-corrected chi connectivity index (χ2v) is 5.06. The summed E-state index contributed by atoms with van der Waals surface area (Å²) in [6, 6.07) is 4.42. The molecule has 1 aliphatic carbocycles. The molecule has 1 aromatic rings. The van der Waals surface area contributed by atoms with Crippen molar-refractivity contribution in [1.29, 1.82) is 0 Å². The Kier molecular flexibility index (Phi) is 3.32. The Bertz CT molecular complexity index is 424. The molecular weight excluding hydrogens is 324 g/mol. The fraction of sp³-hybridized carbons (Fsp3) is 0.364. The molecule has 2 rings (SSSR count). The fourth-order valence-corrected chi connectivity index (χ4v) is 2.41. The first-order valence-corrected chi connectivity index (χ1v) is 6.10. The first-order valence-electron chi connectivity index (χ1n) is 5.02. The summed E-state index contributed by atoms with van der Waals surface area (Å²) in [4.78, 5) is 10.8. The van der Waals surface area contributed by atoms with E-state index in [4.69, 9.17) is 5.11 Å². The minimum absolute atomic E-state index is 0.0310. The van der Waals surface area contributed by atoms with Crippen LogP contribution in [-0.2, 0) is 4.79 Å². The van der Waals surface area contributed by atoms with Gasteiger partial charge in [0.05, 0.1) is 5.92 Å². The number of halogens is 2. The molecule has 0 spiro atoms. The van der Waals surface area contributed by atoms with E-state index in [-0.39, 0.29) is 17.8 Å². The Morgan fingerprint density at radius 1 is 1.50 bits per heavy atom. The maximum Gasteiger partial charge on any atom is 0.308 e.